The van der Waals surface area contributed by atoms with Crippen molar-refractivity contribution in [2.75, 3.05) is 5.32 Å². The second-order valence-corrected chi connectivity index (χ2v) is 6.29. The van der Waals surface area contributed by atoms with Gasteiger partial charge in [-0.25, -0.2) is 0 Å². The van der Waals surface area contributed by atoms with Crippen molar-refractivity contribution in [3.05, 3.63) is 35.0 Å². The Labute approximate surface area is 124 Å². The second kappa shape index (κ2) is 4.73. The van der Waals surface area contributed by atoms with Gasteiger partial charge in [0.2, 0.25) is 5.91 Å². The molecule has 0 unspecified atom stereocenters. The quantitative estimate of drug-likeness (QED) is 0.669. The summed E-state index contributed by atoms with van der Waals surface area (Å²) < 4.78 is 0.757. The first-order valence-electron chi connectivity index (χ1n) is 6.79. The average molecular weight is 290 g/mol. The number of nitrogens with one attached hydrogen (secondary N) is 1. The van der Waals surface area contributed by atoms with Crippen LogP contribution in [0.4, 0.5) is 5.69 Å². The normalized spacial score (nSPS) is 19.8. The molecule has 0 aromatic heterocycles. The van der Waals surface area contributed by atoms with Crippen LogP contribution < -0.4 is 5.32 Å². The third kappa shape index (κ3) is 2.25. The number of hydrogen-bond donors (Lipinski definition) is 1. The van der Waals surface area contributed by atoms with E-state index < -0.39 is 11.1 Å². The minimum absolute atomic E-state index is 0.0669. The molecule has 1 amide bonds. The minimum Gasteiger partial charge on any atom is -0.714 e. The molecule has 1 radical (unpaired) electrons. The Morgan fingerprint density at radius 1 is 1.29 bits per heavy atom. The molecule has 1 aliphatic heterocycles. The number of carbonyl (C=O) groups is 1. The van der Waals surface area contributed by atoms with E-state index in [1.807, 2.05) is 0 Å². The number of nitrogens with zero attached hydrogens (tertiary/aromatic N) is 2. The lowest BCUT2D eigenvalue weighted by Crippen LogP contribution is -2.53. The number of amidine groups is 1. The zero-order valence-electron chi connectivity index (χ0n) is 12.9. The number of hydrogen-bond acceptors (Lipinski definition) is 3. The molecule has 0 saturated heterocycles. The van der Waals surface area contributed by atoms with E-state index in [0.29, 0.717) is 11.3 Å². The van der Waals surface area contributed by atoms with Crippen LogP contribution in [-0.2, 0) is 10.0 Å². The molecule has 0 fully saturated rings. The summed E-state index contributed by atoms with van der Waals surface area (Å²) in [7, 11) is 0. The summed E-state index contributed by atoms with van der Waals surface area (Å²) in [4.78, 5) is 11.1. The first-order valence-corrected chi connectivity index (χ1v) is 6.79. The van der Waals surface area contributed by atoms with Gasteiger partial charge in [0.1, 0.15) is 5.54 Å². The molecule has 0 atom stereocenters. The Kier molecular flexibility index (Phi) is 3.45. The van der Waals surface area contributed by atoms with Gasteiger partial charge in [-0.15, -0.1) is 0 Å². The standard InChI is InChI=1S/C15H20N3O3/c1-10(19)16-12-8-6-7-11(9-12)13-17(20)14(2,3)15(4,5)18(13)21/h6-9H,1-5H3,(H,16,19). The molecule has 1 N–H and O–H groups in total. The highest BCUT2D eigenvalue weighted by atomic mass is 16.5. The molecule has 1 aliphatic rings. The maximum absolute atomic E-state index is 12.5. The van der Waals surface area contributed by atoms with Crippen LogP contribution in [0.3, 0.4) is 0 Å². The summed E-state index contributed by atoms with van der Waals surface area (Å²) in [5.74, 6) is -0.139. The molecule has 0 bridgehead atoms. The van der Waals surface area contributed by atoms with Gasteiger partial charge in [0.25, 0.3) is 0 Å². The van der Waals surface area contributed by atoms with Crippen LogP contribution in [0, 0.1) is 5.21 Å². The molecule has 1 aromatic carbocycles. The Bertz CT molecular complexity index is 620. The van der Waals surface area contributed by atoms with Crippen molar-refractivity contribution < 1.29 is 14.7 Å². The van der Waals surface area contributed by atoms with Gasteiger partial charge in [-0.2, -0.15) is 0 Å². The predicted octanol–water partition coefficient (Wildman–Crippen LogP) is 2.12. The van der Waals surface area contributed by atoms with Crippen molar-refractivity contribution in [3.63, 3.8) is 0 Å². The molecule has 1 heterocycles. The molecule has 0 aliphatic carbocycles. The van der Waals surface area contributed by atoms with Gasteiger partial charge in [0.05, 0.1) is 5.56 Å². The zero-order chi connectivity index (χ0) is 16.0. The fourth-order valence-corrected chi connectivity index (χ4v) is 2.28. The van der Waals surface area contributed by atoms with E-state index in [-0.39, 0.29) is 11.7 Å². The van der Waals surface area contributed by atoms with Gasteiger partial charge in [0, 0.05) is 17.8 Å². The van der Waals surface area contributed by atoms with Crippen LogP contribution in [0.5, 0.6) is 0 Å². The van der Waals surface area contributed by atoms with Crippen molar-refractivity contribution in [2.45, 2.75) is 45.7 Å². The molecule has 6 heteroatoms. The van der Waals surface area contributed by atoms with Gasteiger partial charge < -0.3 is 10.5 Å². The molecular formula is C15H20N3O3. The first-order chi connectivity index (χ1) is 9.59. The topological polar surface area (TPSA) is 78.3 Å². The summed E-state index contributed by atoms with van der Waals surface area (Å²) in [5.41, 5.74) is -0.663. The van der Waals surface area contributed by atoms with Crippen LogP contribution in [0.2, 0.25) is 0 Å². The van der Waals surface area contributed by atoms with Gasteiger partial charge in [-0.1, -0.05) is 11.1 Å². The van der Waals surface area contributed by atoms with E-state index in [9.17, 15) is 15.2 Å². The van der Waals surface area contributed by atoms with Crippen molar-refractivity contribution >= 4 is 17.4 Å². The molecule has 2 rings (SSSR count). The third-order valence-corrected chi connectivity index (χ3v) is 4.34. The predicted molar refractivity (Wildman–Crippen MR) is 79.2 cm³/mol. The number of amides is 1. The summed E-state index contributed by atoms with van der Waals surface area (Å²) in [6.45, 7) is 8.39. The van der Waals surface area contributed by atoms with Crippen LogP contribution >= 0.6 is 0 Å². The van der Waals surface area contributed by atoms with Gasteiger partial charge in [-0.05, 0) is 45.9 Å². The maximum Gasteiger partial charge on any atom is 0.316 e. The van der Waals surface area contributed by atoms with Crippen molar-refractivity contribution in [1.29, 1.82) is 0 Å². The lowest BCUT2D eigenvalue weighted by atomic mass is 9.84. The van der Waals surface area contributed by atoms with E-state index in [0.717, 1.165) is 9.80 Å². The minimum atomic E-state index is -0.853. The van der Waals surface area contributed by atoms with Crippen molar-refractivity contribution in [1.82, 2.24) is 5.06 Å². The Morgan fingerprint density at radius 3 is 2.38 bits per heavy atom. The number of anilines is 1. The van der Waals surface area contributed by atoms with Crippen LogP contribution in [-0.4, -0.2) is 32.6 Å². The van der Waals surface area contributed by atoms with E-state index in [1.54, 1.807) is 52.0 Å². The van der Waals surface area contributed by atoms with Gasteiger partial charge >= 0.3 is 5.84 Å². The molecule has 6 nitrogen and oxygen atoms in total. The van der Waals surface area contributed by atoms with Crippen LogP contribution in [0.15, 0.2) is 24.3 Å². The highest BCUT2D eigenvalue weighted by Gasteiger charge is 2.59. The summed E-state index contributed by atoms with van der Waals surface area (Å²) >= 11 is 0. The molecular weight excluding hydrogens is 270 g/mol. The lowest BCUT2D eigenvalue weighted by Gasteiger charge is -2.32. The third-order valence-electron chi connectivity index (χ3n) is 4.34. The number of carbonyl (C=O) groups excluding carboxylic acids is 1. The highest BCUT2D eigenvalue weighted by molar-refractivity contribution is 5.98. The molecule has 113 valence electrons. The van der Waals surface area contributed by atoms with Crippen LogP contribution in [0.25, 0.3) is 0 Å². The molecule has 0 spiro atoms. The van der Waals surface area contributed by atoms with E-state index >= 15 is 0 Å². The Hall–Kier alpha value is -2.08. The van der Waals surface area contributed by atoms with Gasteiger partial charge in [0.15, 0.2) is 5.54 Å². The second-order valence-electron chi connectivity index (χ2n) is 6.29. The van der Waals surface area contributed by atoms with Crippen molar-refractivity contribution in [2.24, 2.45) is 0 Å². The molecule has 1 aromatic rings. The summed E-state index contributed by atoms with van der Waals surface area (Å²) in [6, 6.07) is 6.73. The lowest BCUT2D eigenvalue weighted by molar-refractivity contribution is -0.539. The number of benzene rings is 1. The largest absolute Gasteiger partial charge is 0.714 e. The monoisotopic (exact) mass is 290 g/mol. The first kappa shape index (κ1) is 15.3. The SMILES string of the molecule is CC(=O)Nc1cccc(C2=[N+]([O-])C(C)(C)C(C)(C)N2[O])c1. The average Bonchev–Trinajstić information content (AvgIpc) is 2.48. The molecule has 0 saturated carbocycles. The molecule has 21 heavy (non-hydrogen) atoms. The Balaban J connectivity index is 2.51. The summed E-state index contributed by atoms with van der Waals surface area (Å²) in [6.07, 6.45) is 0. The van der Waals surface area contributed by atoms with Gasteiger partial charge in [-0.3, -0.25) is 9.53 Å². The van der Waals surface area contributed by atoms with E-state index in [2.05, 4.69) is 5.32 Å². The maximum atomic E-state index is 12.5. The summed E-state index contributed by atoms with van der Waals surface area (Å²) in [5, 5.41) is 28.5. The van der Waals surface area contributed by atoms with Crippen molar-refractivity contribution in [3.8, 4) is 0 Å². The number of hydroxylamine groups is 3. The smallest absolute Gasteiger partial charge is 0.316 e. The van der Waals surface area contributed by atoms with E-state index in [1.165, 1.54) is 6.92 Å². The fourth-order valence-electron chi connectivity index (χ4n) is 2.28. The number of rotatable bonds is 2. The van der Waals surface area contributed by atoms with Crippen LogP contribution in [0.1, 0.15) is 40.2 Å². The van der Waals surface area contributed by atoms with E-state index in [4.69, 9.17) is 0 Å². The Morgan fingerprint density at radius 2 is 1.90 bits per heavy atom. The highest BCUT2D eigenvalue weighted by Crippen LogP contribution is 2.37. The fraction of sp³-hybridized carbons (Fsp3) is 0.467. The zero-order valence-corrected chi connectivity index (χ0v) is 12.9.